The molecule has 1 saturated heterocycles. The van der Waals surface area contributed by atoms with Gasteiger partial charge in [-0.3, -0.25) is 0 Å². The molecule has 30 heavy (non-hydrogen) atoms. The molecule has 1 aliphatic heterocycles. The van der Waals surface area contributed by atoms with Crippen LogP contribution in [0.4, 0.5) is 0 Å². The van der Waals surface area contributed by atoms with Crippen molar-refractivity contribution in [2.75, 3.05) is 19.6 Å². The molecule has 1 fully saturated rings. The highest BCUT2D eigenvalue weighted by atomic mass is 79.9. The zero-order valence-corrected chi connectivity index (χ0v) is 18.7. The number of benzene rings is 3. The average molecular weight is 459 g/mol. The Kier molecular flexibility index (Phi) is 5.74. The summed E-state index contributed by atoms with van der Waals surface area (Å²) < 4.78 is 1.15. The highest BCUT2D eigenvalue weighted by Gasteiger charge is 2.26. The van der Waals surface area contributed by atoms with Crippen LogP contribution in [0.25, 0.3) is 22.2 Å². The van der Waals surface area contributed by atoms with Crippen molar-refractivity contribution in [2.24, 2.45) is 0 Å². The third kappa shape index (κ3) is 4.10. The summed E-state index contributed by atoms with van der Waals surface area (Å²) in [6.07, 6.45) is 3.57. The van der Waals surface area contributed by atoms with Gasteiger partial charge in [-0.25, -0.2) is 0 Å². The minimum Gasteiger partial charge on any atom is -0.354 e. The van der Waals surface area contributed by atoms with E-state index in [9.17, 15) is 0 Å². The summed E-state index contributed by atoms with van der Waals surface area (Å²) in [4.78, 5) is 6.36. The van der Waals surface area contributed by atoms with Crippen LogP contribution >= 0.6 is 15.9 Å². The number of H-pyrrole nitrogens is 1. The smallest absolute Gasteiger partial charge is 0.0500 e. The first kappa shape index (κ1) is 19.6. The molecule has 1 N–H and O–H groups in total. The van der Waals surface area contributed by atoms with Gasteiger partial charge in [-0.2, -0.15) is 0 Å². The van der Waals surface area contributed by atoms with Crippen molar-refractivity contribution in [3.8, 4) is 11.3 Å². The first-order chi connectivity index (χ1) is 14.8. The molecule has 0 amide bonds. The van der Waals surface area contributed by atoms with Gasteiger partial charge >= 0.3 is 0 Å². The second-order valence-corrected chi connectivity index (χ2v) is 9.23. The maximum absolute atomic E-state index is 3.72. The summed E-state index contributed by atoms with van der Waals surface area (Å²) in [5.41, 5.74) is 6.79. The molecule has 0 spiro atoms. The Morgan fingerprint density at radius 2 is 1.53 bits per heavy atom. The lowest BCUT2D eigenvalue weighted by Gasteiger charge is -2.32. The lowest BCUT2D eigenvalue weighted by Crippen LogP contribution is -2.34. The molecule has 152 valence electrons. The SMILES string of the molecule is Brc1ccc(CCN2CCC(c3c(-c4ccccc4)[nH]c4ccccc34)CC2)cc1. The lowest BCUT2D eigenvalue weighted by molar-refractivity contribution is 0.215. The van der Waals surface area contributed by atoms with Gasteiger partial charge in [0.15, 0.2) is 0 Å². The first-order valence-electron chi connectivity index (χ1n) is 10.9. The number of aromatic amines is 1. The van der Waals surface area contributed by atoms with Crippen molar-refractivity contribution < 1.29 is 0 Å². The van der Waals surface area contributed by atoms with Gasteiger partial charge in [0.25, 0.3) is 0 Å². The lowest BCUT2D eigenvalue weighted by atomic mass is 9.86. The molecule has 3 aromatic carbocycles. The predicted molar refractivity (Wildman–Crippen MR) is 130 cm³/mol. The molecule has 2 heterocycles. The molecule has 0 atom stereocenters. The van der Waals surface area contributed by atoms with Crippen molar-refractivity contribution in [1.82, 2.24) is 9.88 Å². The van der Waals surface area contributed by atoms with E-state index in [2.05, 4.69) is 105 Å². The monoisotopic (exact) mass is 458 g/mol. The highest BCUT2D eigenvalue weighted by molar-refractivity contribution is 9.10. The molecule has 0 radical (unpaired) electrons. The molecule has 2 nitrogen and oxygen atoms in total. The summed E-state index contributed by atoms with van der Waals surface area (Å²) in [7, 11) is 0. The van der Waals surface area contributed by atoms with Crippen LogP contribution in [0.2, 0.25) is 0 Å². The van der Waals surface area contributed by atoms with E-state index in [1.165, 1.54) is 59.2 Å². The van der Waals surface area contributed by atoms with E-state index >= 15 is 0 Å². The Labute approximate surface area is 187 Å². The molecular formula is C27H27BrN2. The van der Waals surface area contributed by atoms with E-state index in [1.54, 1.807) is 0 Å². The topological polar surface area (TPSA) is 19.0 Å². The number of aromatic nitrogens is 1. The zero-order valence-electron chi connectivity index (χ0n) is 17.2. The normalized spacial score (nSPS) is 15.6. The van der Waals surface area contributed by atoms with E-state index in [1.807, 2.05) is 0 Å². The maximum atomic E-state index is 3.72. The van der Waals surface area contributed by atoms with Gasteiger partial charge in [-0.15, -0.1) is 0 Å². The van der Waals surface area contributed by atoms with Crippen LogP contribution in [0.3, 0.4) is 0 Å². The van der Waals surface area contributed by atoms with Gasteiger partial charge in [0.1, 0.15) is 0 Å². The van der Waals surface area contributed by atoms with Gasteiger partial charge in [-0.05, 0) is 73.2 Å². The number of nitrogens with one attached hydrogen (secondary N) is 1. The molecule has 0 saturated carbocycles. The minimum absolute atomic E-state index is 0.611. The number of para-hydroxylation sites is 1. The Bertz CT molecular complexity index is 1110. The molecule has 0 unspecified atom stereocenters. The van der Waals surface area contributed by atoms with E-state index in [0.717, 1.165) is 17.4 Å². The van der Waals surface area contributed by atoms with Gasteiger partial charge in [-0.1, -0.05) is 76.6 Å². The molecule has 5 rings (SSSR count). The summed E-state index contributed by atoms with van der Waals surface area (Å²) in [6.45, 7) is 3.50. The number of fused-ring (bicyclic) bond motifs is 1. The molecule has 1 aliphatic rings. The second kappa shape index (κ2) is 8.79. The largest absolute Gasteiger partial charge is 0.354 e. The van der Waals surface area contributed by atoms with Crippen molar-refractivity contribution in [3.63, 3.8) is 0 Å². The van der Waals surface area contributed by atoms with Crippen LogP contribution in [0.1, 0.15) is 29.9 Å². The number of hydrogen-bond donors (Lipinski definition) is 1. The highest BCUT2D eigenvalue weighted by Crippen LogP contribution is 2.40. The van der Waals surface area contributed by atoms with Crippen molar-refractivity contribution >= 4 is 26.8 Å². The summed E-state index contributed by atoms with van der Waals surface area (Å²) in [5, 5.41) is 1.39. The number of likely N-dealkylation sites (tertiary alicyclic amines) is 1. The van der Waals surface area contributed by atoms with E-state index in [-0.39, 0.29) is 0 Å². The standard InChI is InChI=1S/C27H27BrN2/c28-23-12-10-20(11-13-23)14-17-30-18-15-21(16-19-30)26-24-8-4-5-9-25(24)29-27(26)22-6-2-1-3-7-22/h1-13,21,29H,14-19H2. The summed E-state index contributed by atoms with van der Waals surface area (Å²) >= 11 is 3.53. The van der Waals surface area contributed by atoms with Gasteiger partial charge in [0.05, 0.1) is 0 Å². The number of rotatable bonds is 5. The van der Waals surface area contributed by atoms with Crippen molar-refractivity contribution in [1.29, 1.82) is 0 Å². The van der Waals surface area contributed by atoms with Crippen LogP contribution in [0.5, 0.6) is 0 Å². The number of piperidine rings is 1. The predicted octanol–water partition coefficient (Wildman–Crippen LogP) is 7.02. The van der Waals surface area contributed by atoms with E-state index in [4.69, 9.17) is 0 Å². The van der Waals surface area contributed by atoms with Crippen LogP contribution in [0.15, 0.2) is 83.3 Å². The second-order valence-electron chi connectivity index (χ2n) is 8.32. The molecular weight excluding hydrogens is 432 g/mol. The van der Waals surface area contributed by atoms with Gasteiger partial charge < -0.3 is 9.88 Å². The number of halogens is 1. The Balaban J connectivity index is 1.33. The fourth-order valence-corrected chi connectivity index (χ4v) is 5.07. The van der Waals surface area contributed by atoms with Crippen LogP contribution < -0.4 is 0 Å². The molecule has 0 bridgehead atoms. The van der Waals surface area contributed by atoms with Crippen LogP contribution in [-0.4, -0.2) is 29.5 Å². The molecule has 0 aliphatic carbocycles. The number of nitrogens with zero attached hydrogens (tertiary/aromatic N) is 1. The zero-order chi connectivity index (χ0) is 20.3. The van der Waals surface area contributed by atoms with E-state index < -0.39 is 0 Å². The van der Waals surface area contributed by atoms with Crippen molar-refractivity contribution in [3.05, 3.63) is 94.5 Å². The van der Waals surface area contributed by atoms with E-state index in [0.29, 0.717) is 5.92 Å². The minimum atomic E-state index is 0.611. The van der Waals surface area contributed by atoms with Crippen molar-refractivity contribution in [2.45, 2.75) is 25.2 Å². The summed E-state index contributed by atoms with van der Waals surface area (Å²) in [6, 6.07) is 28.3. The van der Waals surface area contributed by atoms with Gasteiger partial charge in [0.2, 0.25) is 0 Å². The number of hydrogen-bond acceptors (Lipinski definition) is 1. The fraction of sp³-hybridized carbons (Fsp3) is 0.259. The Morgan fingerprint density at radius 1 is 0.833 bits per heavy atom. The molecule has 4 aromatic rings. The average Bonchev–Trinajstić information content (AvgIpc) is 3.19. The third-order valence-corrected chi connectivity index (χ3v) is 6.96. The Morgan fingerprint density at radius 3 is 2.30 bits per heavy atom. The quantitative estimate of drug-likeness (QED) is 0.340. The molecule has 1 aromatic heterocycles. The summed E-state index contributed by atoms with van der Waals surface area (Å²) in [5.74, 6) is 0.611. The van der Waals surface area contributed by atoms with Gasteiger partial charge in [0, 0.05) is 27.6 Å². The first-order valence-corrected chi connectivity index (χ1v) is 11.7. The Hall–Kier alpha value is -2.36. The third-order valence-electron chi connectivity index (χ3n) is 6.43. The maximum Gasteiger partial charge on any atom is 0.0500 e. The molecule has 3 heteroatoms. The fourth-order valence-electron chi connectivity index (χ4n) is 4.80. The van der Waals surface area contributed by atoms with Crippen LogP contribution in [0, 0.1) is 0 Å². The van der Waals surface area contributed by atoms with Crippen LogP contribution in [-0.2, 0) is 6.42 Å².